The van der Waals surface area contributed by atoms with Crippen LogP contribution in [0.4, 0.5) is 0 Å². The quantitative estimate of drug-likeness (QED) is 0.532. The first kappa shape index (κ1) is 19.3. The molecule has 0 amide bonds. The maximum absolute atomic E-state index is 6.03. The van der Waals surface area contributed by atoms with E-state index in [9.17, 15) is 0 Å². The summed E-state index contributed by atoms with van der Waals surface area (Å²) in [5.41, 5.74) is 5.87. The van der Waals surface area contributed by atoms with Gasteiger partial charge in [0.25, 0.3) is 0 Å². The molecule has 2 nitrogen and oxygen atoms in total. The standard InChI is InChI=1S/C26H33NO/c1-3-9-22(10-4-1)11-5-8-18-28-26-15-14-24-19-23(12-13-25(24)20-26)21-27-16-6-2-7-17-27/h1,3-4,9-10,14-15,19-20H,2,5-8,11-13,16-18,21H2. The van der Waals surface area contributed by atoms with Gasteiger partial charge in [-0.25, -0.2) is 0 Å². The zero-order chi connectivity index (χ0) is 19.0. The molecule has 0 aromatic heterocycles. The average molecular weight is 376 g/mol. The fraction of sp³-hybridized carbons (Fsp3) is 0.462. The van der Waals surface area contributed by atoms with E-state index in [2.05, 4.69) is 59.5 Å². The highest BCUT2D eigenvalue weighted by Crippen LogP contribution is 2.28. The van der Waals surface area contributed by atoms with E-state index in [1.54, 1.807) is 5.57 Å². The second-order valence-corrected chi connectivity index (χ2v) is 8.29. The highest BCUT2D eigenvalue weighted by atomic mass is 16.5. The van der Waals surface area contributed by atoms with Crippen LogP contribution in [0.1, 0.15) is 55.2 Å². The maximum Gasteiger partial charge on any atom is 0.119 e. The zero-order valence-electron chi connectivity index (χ0n) is 17.0. The molecule has 0 unspecified atom stereocenters. The number of likely N-dealkylation sites (tertiary alicyclic amines) is 1. The third-order valence-electron chi connectivity index (χ3n) is 6.04. The Kier molecular flexibility index (Phi) is 6.83. The SMILES string of the molecule is C1=C(CN2CCCCC2)CCc2cc(OCCCCc3ccccc3)ccc21. The summed E-state index contributed by atoms with van der Waals surface area (Å²) in [6.07, 6.45) is 12.4. The molecule has 148 valence electrons. The maximum atomic E-state index is 6.03. The van der Waals surface area contributed by atoms with Crippen molar-refractivity contribution in [2.75, 3.05) is 26.2 Å². The molecule has 0 N–H and O–H groups in total. The van der Waals surface area contributed by atoms with Gasteiger partial charge in [0, 0.05) is 6.54 Å². The lowest BCUT2D eigenvalue weighted by Crippen LogP contribution is -2.31. The molecular weight excluding hydrogens is 342 g/mol. The van der Waals surface area contributed by atoms with E-state index in [1.165, 1.54) is 68.4 Å². The molecule has 1 saturated heterocycles. The molecule has 2 aliphatic rings. The minimum absolute atomic E-state index is 0.807. The van der Waals surface area contributed by atoms with E-state index < -0.39 is 0 Å². The van der Waals surface area contributed by atoms with Crippen LogP contribution in [0.2, 0.25) is 0 Å². The van der Waals surface area contributed by atoms with Crippen LogP contribution in [-0.2, 0) is 12.8 Å². The van der Waals surface area contributed by atoms with E-state index in [4.69, 9.17) is 4.74 Å². The van der Waals surface area contributed by atoms with Crippen LogP contribution >= 0.6 is 0 Å². The van der Waals surface area contributed by atoms with Gasteiger partial charge in [0.2, 0.25) is 0 Å². The minimum atomic E-state index is 0.807. The Morgan fingerprint density at radius 1 is 0.857 bits per heavy atom. The lowest BCUT2D eigenvalue weighted by molar-refractivity contribution is 0.245. The number of benzene rings is 2. The lowest BCUT2D eigenvalue weighted by atomic mass is 9.91. The predicted octanol–water partition coefficient (Wildman–Crippen LogP) is 5.90. The zero-order valence-corrected chi connectivity index (χ0v) is 17.0. The third kappa shape index (κ3) is 5.48. The second-order valence-electron chi connectivity index (χ2n) is 8.29. The number of unbranched alkanes of at least 4 members (excludes halogenated alkanes) is 1. The number of ether oxygens (including phenoxy) is 1. The summed E-state index contributed by atoms with van der Waals surface area (Å²) < 4.78 is 6.03. The molecule has 1 heterocycles. The van der Waals surface area contributed by atoms with Crippen LogP contribution < -0.4 is 4.74 Å². The highest BCUT2D eigenvalue weighted by molar-refractivity contribution is 5.61. The lowest BCUT2D eigenvalue weighted by Gasteiger charge is -2.28. The Morgan fingerprint density at radius 2 is 1.71 bits per heavy atom. The second kappa shape index (κ2) is 9.93. The summed E-state index contributed by atoms with van der Waals surface area (Å²) in [6.45, 7) is 4.53. The fourth-order valence-electron chi connectivity index (χ4n) is 4.41. The monoisotopic (exact) mass is 375 g/mol. The van der Waals surface area contributed by atoms with Gasteiger partial charge in [-0.15, -0.1) is 0 Å². The molecule has 2 aromatic rings. The Balaban J connectivity index is 1.24. The van der Waals surface area contributed by atoms with Crippen molar-refractivity contribution >= 4 is 6.08 Å². The topological polar surface area (TPSA) is 12.5 Å². The van der Waals surface area contributed by atoms with Crippen molar-refractivity contribution in [1.82, 2.24) is 4.90 Å². The number of rotatable bonds is 8. The van der Waals surface area contributed by atoms with Gasteiger partial charge < -0.3 is 4.74 Å². The Morgan fingerprint density at radius 3 is 2.57 bits per heavy atom. The van der Waals surface area contributed by atoms with Crippen LogP contribution in [0, 0.1) is 0 Å². The van der Waals surface area contributed by atoms with Gasteiger partial charge in [-0.05, 0) is 86.9 Å². The summed E-state index contributed by atoms with van der Waals surface area (Å²) in [4.78, 5) is 2.63. The summed E-state index contributed by atoms with van der Waals surface area (Å²) in [5.74, 6) is 1.03. The molecular formula is C26H33NO. The molecule has 1 aliphatic carbocycles. The molecule has 0 radical (unpaired) electrons. The summed E-state index contributed by atoms with van der Waals surface area (Å²) in [7, 11) is 0. The van der Waals surface area contributed by atoms with Gasteiger partial charge in [0.15, 0.2) is 0 Å². The van der Waals surface area contributed by atoms with Gasteiger partial charge in [0.1, 0.15) is 5.75 Å². The first-order chi connectivity index (χ1) is 13.9. The van der Waals surface area contributed by atoms with Gasteiger partial charge in [-0.1, -0.05) is 54.5 Å². The van der Waals surface area contributed by atoms with Crippen LogP contribution in [0.15, 0.2) is 54.1 Å². The largest absolute Gasteiger partial charge is 0.494 e. The predicted molar refractivity (Wildman–Crippen MR) is 118 cm³/mol. The molecule has 0 spiro atoms. The first-order valence-corrected chi connectivity index (χ1v) is 11.1. The number of hydrogen-bond acceptors (Lipinski definition) is 2. The third-order valence-corrected chi connectivity index (χ3v) is 6.04. The van der Waals surface area contributed by atoms with Crippen molar-refractivity contribution in [2.45, 2.75) is 51.4 Å². The molecule has 1 aliphatic heterocycles. The van der Waals surface area contributed by atoms with Crippen LogP contribution in [-0.4, -0.2) is 31.1 Å². The molecule has 0 bridgehead atoms. The number of hydrogen-bond donors (Lipinski definition) is 0. The van der Waals surface area contributed by atoms with Crippen molar-refractivity contribution in [2.24, 2.45) is 0 Å². The fourth-order valence-corrected chi connectivity index (χ4v) is 4.41. The van der Waals surface area contributed by atoms with Crippen molar-refractivity contribution in [3.63, 3.8) is 0 Å². The van der Waals surface area contributed by atoms with E-state index in [0.29, 0.717) is 0 Å². The average Bonchev–Trinajstić information content (AvgIpc) is 2.75. The normalized spacial score (nSPS) is 17.1. The van der Waals surface area contributed by atoms with E-state index in [0.717, 1.165) is 31.6 Å². The molecule has 28 heavy (non-hydrogen) atoms. The molecule has 0 atom stereocenters. The van der Waals surface area contributed by atoms with Gasteiger partial charge >= 0.3 is 0 Å². The molecule has 2 aromatic carbocycles. The van der Waals surface area contributed by atoms with Crippen LogP contribution in [0.25, 0.3) is 6.08 Å². The van der Waals surface area contributed by atoms with Gasteiger partial charge in [-0.2, -0.15) is 0 Å². The number of piperidine rings is 1. The van der Waals surface area contributed by atoms with Crippen molar-refractivity contribution in [3.8, 4) is 5.75 Å². The van der Waals surface area contributed by atoms with E-state index in [1.807, 2.05) is 0 Å². The number of nitrogens with zero attached hydrogens (tertiary/aromatic N) is 1. The van der Waals surface area contributed by atoms with Crippen molar-refractivity contribution in [1.29, 1.82) is 0 Å². The van der Waals surface area contributed by atoms with Crippen LogP contribution in [0.5, 0.6) is 5.75 Å². The highest BCUT2D eigenvalue weighted by Gasteiger charge is 2.16. The van der Waals surface area contributed by atoms with Gasteiger partial charge in [-0.3, -0.25) is 4.90 Å². The minimum Gasteiger partial charge on any atom is -0.494 e. The molecule has 0 saturated carbocycles. The van der Waals surface area contributed by atoms with Crippen molar-refractivity contribution in [3.05, 3.63) is 70.8 Å². The molecule has 1 fully saturated rings. The number of aryl methyl sites for hydroxylation is 2. The smallest absolute Gasteiger partial charge is 0.119 e. The first-order valence-electron chi connectivity index (χ1n) is 11.1. The Bertz CT molecular complexity index is 774. The summed E-state index contributed by atoms with van der Waals surface area (Å²) >= 11 is 0. The van der Waals surface area contributed by atoms with Crippen LogP contribution in [0.3, 0.4) is 0 Å². The van der Waals surface area contributed by atoms with E-state index in [-0.39, 0.29) is 0 Å². The summed E-state index contributed by atoms with van der Waals surface area (Å²) in [6, 6.07) is 17.4. The van der Waals surface area contributed by atoms with Crippen molar-refractivity contribution < 1.29 is 4.74 Å². The molecule has 2 heteroatoms. The van der Waals surface area contributed by atoms with Gasteiger partial charge in [0.05, 0.1) is 6.61 Å². The van der Waals surface area contributed by atoms with E-state index >= 15 is 0 Å². The molecule has 4 rings (SSSR count). The summed E-state index contributed by atoms with van der Waals surface area (Å²) in [5, 5.41) is 0. The Hall–Kier alpha value is -2.06. The number of fused-ring (bicyclic) bond motifs is 1. The Labute approximate surface area is 170 Å².